The van der Waals surface area contributed by atoms with E-state index in [2.05, 4.69) is 10.3 Å². The molecule has 3 rings (SSSR count). The predicted octanol–water partition coefficient (Wildman–Crippen LogP) is 4.10. The number of carbonyl (C=O) groups excluding carboxylic acids is 2. The van der Waals surface area contributed by atoms with Gasteiger partial charge in [-0.2, -0.15) is 0 Å². The molecule has 1 heterocycles. The van der Waals surface area contributed by atoms with Crippen molar-refractivity contribution < 1.29 is 14.3 Å². The Morgan fingerprint density at radius 3 is 2.45 bits per heavy atom. The van der Waals surface area contributed by atoms with E-state index in [1.807, 2.05) is 26.0 Å². The van der Waals surface area contributed by atoms with Crippen molar-refractivity contribution >= 4 is 40.2 Å². The van der Waals surface area contributed by atoms with Crippen LogP contribution in [0.4, 0.5) is 5.69 Å². The Hall–Kier alpha value is -3.13. The molecule has 0 fully saturated rings. The summed E-state index contributed by atoms with van der Waals surface area (Å²) < 4.78 is 6.56. The van der Waals surface area contributed by atoms with E-state index >= 15 is 0 Å². The fourth-order valence-corrected chi connectivity index (χ4v) is 4.17. The molecule has 1 unspecified atom stereocenters. The van der Waals surface area contributed by atoms with E-state index in [-0.39, 0.29) is 11.5 Å². The fourth-order valence-electron chi connectivity index (χ4n) is 3.09. The predicted molar refractivity (Wildman–Crippen MR) is 123 cm³/mol. The van der Waals surface area contributed by atoms with E-state index in [1.54, 1.807) is 47.9 Å². The molecule has 162 valence electrons. The van der Waals surface area contributed by atoms with E-state index in [1.165, 1.54) is 11.8 Å². The largest absolute Gasteiger partial charge is 0.462 e. The summed E-state index contributed by atoms with van der Waals surface area (Å²) in [5, 5.41) is 3.52. The van der Waals surface area contributed by atoms with Crippen molar-refractivity contribution in [3.63, 3.8) is 0 Å². The molecule has 0 aliphatic heterocycles. The molecule has 1 aromatic heterocycles. The van der Waals surface area contributed by atoms with Gasteiger partial charge in [0, 0.05) is 12.2 Å². The second-order valence-electron chi connectivity index (χ2n) is 6.76. The van der Waals surface area contributed by atoms with Gasteiger partial charge in [-0.15, -0.1) is 0 Å². The Kier molecular flexibility index (Phi) is 7.46. The number of benzene rings is 2. The van der Waals surface area contributed by atoms with Gasteiger partial charge in [0.1, 0.15) is 0 Å². The number of hydrogen-bond donors (Lipinski definition) is 1. The number of nitrogens with one attached hydrogen (secondary N) is 1. The van der Waals surface area contributed by atoms with Crippen LogP contribution in [-0.4, -0.2) is 33.3 Å². The molecule has 1 N–H and O–H groups in total. The lowest BCUT2D eigenvalue weighted by atomic mass is 10.2. The van der Waals surface area contributed by atoms with Crippen molar-refractivity contribution in [1.82, 2.24) is 9.55 Å². The van der Waals surface area contributed by atoms with E-state index < -0.39 is 11.2 Å². The molecule has 2 aromatic carbocycles. The third-order valence-electron chi connectivity index (χ3n) is 4.72. The van der Waals surface area contributed by atoms with Gasteiger partial charge >= 0.3 is 5.97 Å². The number of rotatable bonds is 8. The van der Waals surface area contributed by atoms with E-state index in [4.69, 9.17) is 4.74 Å². The number of fused-ring (bicyclic) bond motifs is 1. The minimum atomic E-state index is -0.435. The topological polar surface area (TPSA) is 90.3 Å². The highest BCUT2D eigenvalue weighted by atomic mass is 32.2. The first kappa shape index (κ1) is 22.6. The third kappa shape index (κ3) is 5.14. The number of anilines is 1. The second kappa shape index (κ2) is 10.3. The number of carbonyl (C=O) groups is 2. The minimum absolute atomic E-state index is 0.111. The summed E-state index contributed by atoms with van der Waals surface area (Å²) in [5.74, 6) is -0.594. The molecule has 0 saturated carbocycles. The Labute approximate surface area is 184 Å². The third-order valence-corrected chi connectivity index (χ3v) is 6.07. The summed E-state index contributed by atoms with van der Waals surface area (Å²) in [5.41, 5.74) is 1.51. The first-order valence-electron chi connectivity index (χ1n) is 10.2. The van der Waals surface area contributed by atoms with Crippen molar-refractivity contribution in [2.45, 2.75) is 44.1 Å². The quantitative estimate of drug-likeness (QED) is 0.323. The number of ether oxygens (including phenoxy) is 1. The second-order valence-corrected chi connectivity index (χ2v) is 7.93. The maximum Gasteiger partial charge on any atom is 0.338 e. The van der Waals surface area contributed by atoms with Gasteiger partial charge in [-0.1, -0.05) is 30.8 Å². The summed E-state index contributed by atoms with van der Waals surface area (Å²) in [6, 6.07) is 13.8. The molecule has 3 aromatic rings. The van der Waals surface area contributed by atoms with Gasteiger partial charge in [0.05, 0.1) is 28.3 Å². The summed E-state index contributed by atoms with van der Waals surface area (Å²) in [6.07, 6.45) is 0.559. The van der Waals surface area contributed by atoms with Gasteiger partial charge in [-0.3, -0.25) is 14.2 Å². The zero-order valence-electron chi connectivity index (χ0n) is 17.8. The molecule has 0 spiro atoms. The Bertz CT molecular complexity index is 1140. The summed E-state index contributed by atoms with van der Waals surface area (Å²) >= 11 is 1.28. The van der Waals surface area contributed by atoms with Crippen LogP contribution in [0.25, 0.3) is 10.9 Å². The number of aromatic nitrogens is 2. The maximum absolute atomic E-state index is 12.9. The van der Waals surface area contributed by atoms with Gasteiger partial charge in [0.15, 0.2) is 5.16 Å². The molecule has 7 nitrogen and oxygen atoms in total. The van der Waals surface area contributed by atoms with Gasteiger partial charge in [-0.05, 0) is 56.7 Å². The summed E-state index contributed by atoms with van der Waals surface area (Å²) in [7, 11) is 0. The average molecular weight is 440 g/mol. The first-order valence-corrected chi connectivity index (χ1v) is 11.1. The molecular formula is C23H25N3O4S. The van der Waals surface area contributed by atoms with Crippen LogP contribution in [0.3, 0.4) is 0 Å². The Morgan fingerprint density at radius 2 is 1.81 bits per heavy atom. The monoisotopic (exact) mass is 439 g/mol. The Morgan fingerprint density at radius 1 is 1.10 bits per heavy atom. The number of esters is 1. The maximum atomic E-state index is 12.9. The highest BCUT2D eigenvalue weighted by Crippen LogP contribution is 2.26. The number of hydrogen-bond acceptors (Lipinski definition) is 6. The van der Waals surface area contributed by atoms with Crippen molar-refractivity contribution in [2.24, 2.45) is 0 Å². The highest BCUT2D eigenvalue weighted by molar-refractivity contribution is 8.00. The molecule has 0 aliphatic carbocycles. The lowest BCUT2D eigenvalue weighted by Gasteiger charge is -2.17. The van der Waals surface area contributed by atoms with Crippen LogP contribution in [-0.2, 0) is 16.1 Å². The van der Waals surface area contributed by atoms with Crippen LogP contribution in [0.2, 0.25) is 0 Å². The van der Waals surface area contributed by atoms with Crippen LogP contribution < -0.4 is 10.9 Å². The van der Waals surface area contributed by atoms with E-state index in [0.29, 0.717) is 46.9 Å². The normalized spacial score (nSPS) is 11.8. The summed E-state index contributed by atoms with van der Waals surface area (Å²) in [6.45, 7) is 6.31. The molecule has 8 heteroatoms. The zero-order valence-corrected chi connectivity index (χ0v) is 18.6. The zero-order chi connectivity index (χ0) is 22.4. The lowest BCUT2D eigenvalue weighted by Crippen LogP contribution is -2.28. The SMILES string of the molecule is CCOC(=O)c1ccc(NC(=O)C(CC)Sc2nc3ccccc3c(=O)n2CC)cc1. The molecule has 0 bridgehead atoms. The molecule has 0 aliphatic rings. The molecule has 0 saturated heterocycles. The van der Waals surface area contributed by atoms with Crippen LogP contribution in [0, 0.1) is 0 Å². The minimum Gasteiger partial charge on any atom is -0.462 e. The van der Waals surface area contributed by atoms with Crippen LogP contribution in [0.5, 0.6) is 0 Å². The van der Waals surface area contributed by atoms with E-state index in [9.17, 15) is 14.4 Å². The van der Waals surface area contributed by atoms with Crippen LogP contribution in [0.1, 0.15) is 37.6 Å². The number of nitrogens with zero attached hydrogens (tertiary/aromatic N) is 2. The van der Waals surface area contributed by atoms with Gasteiger partial charge in [0.2, 0.25) is 5.91 Å². The summed E-state index contributed by atoms with van der Waals surface area (Å²) in [4.78, 5) is 42.1. The van der Waals surface area contributed by atoms with Crippen molar-refractivity contribution in [3.8, 4) is 0 Å². The number of para-hydroxylation sites is 1. The Balaban J connectivity index is 1.79. The molecule has 31 heavy (non-hydrogen) atoms. The number of amides is 1. The van der Waals surface area contributed by atoms with Crippen molar-refractivity contribution in [3.05, 3.63) is 64.4 Å². The van der Waals surface area contributed by atoms with Crippen molar-refractivity contribution in [1.29, 1.82) is 0 Å². The standard InChI is InChI=1S/C23H25N3O4S/c1-4-19(20(27)24-16-13-11-15(12-14-16)22(29)30-6-3)31-23-25-18-10-8-7-9-17(18)21(28)26(23)5-2/h7-14,19H,4-6H2,1-3H3,(H,24,27). The van der Waals surface area contributed by atoms with Gasteiger partial charge in [0.25, 0.3) is 5.56 Å². The van der Waals surface area contributed by atoms with Gasteiger partial charge < -0.3 is 10.1 Å². The molecule has 0 radical (unpaired) electrons. The molecular weight excluding hydrogens is 414 g/mol. The van der Waals surface area contributed by atoms with Crippen molar-refractivity contribution in [2.75, 3.05) is 11.9 Å². The fraction of sp³-hybridized carbons (Fsp3) is 0.304. The highest BCUT2D eigenvalue weighted by Gasteiger charge is 2.22. The van der Waals surface area contributed by atoms with Crippen LogP contribution >= 0.6 is 11.8 Å². The first-order chi connectivity index (χ1) is 15.0. The van der Waals surface area contributed by atoms with Gasteiger partial charge in [-0.25, -0.2) is 9.78 Å². The number of thioether (sulfide) groups is 1. The van der Waals surface area contributed by atoms with E-state index in [0.717, 1.165) is 0 Å². The molecule has 1 atom stereocenters. The molecule has 1 amide bonds. The smallest absolute Gasteiger partial charge is 0.338 e. The van der Waals surface area contributed by atoms with Crippen LogP contribution in [0.15, 0.2) is 58.5 Å². The average Bonchev–Trinajstić information content (AvgIpc) is 2.78. The lowest BCUT2D eigenvalue weighted by molar-refractivity contribution is -0.115.